The molecule has 1 nitrogen and oxygen atoms in total. The van der Waals surface area contributed by atoms with Gasteiger partial charge in [-0.05, 0) is 46.0 Å². The zero-order chi connectivity index (χ0) is 29.0. The molecular formula is C41H25NS2. The Hall–Kier alpha value is -5.09. The van der Waals surface area contributed by atoms with E-state index in [9.17, 15) is 0 Å². The molecule has 0 saturated heterocycles. The van der Waals surface area contributed by atoms with Crippen LogP contribution in [-0.2, 0) is 0 Å². The lowest BCUT2D eigenvalue weighted by Gasteiger charge is -2.08. The molecule has 0 aliphatic carbocycles. The summed E-state index contributed by atoms with van der Waals surface area (Å²) in [6, 6.07) is 52.6. The van der Waals surface area contributed by atoms with Crippen LogP contribution in [0.4, 0.5) is 0 Å². The summed E-state index contributed by atoms with van der Waals surface area (Å²) in [4.78, 5) is 4.86. The summed E-state index contributed by atoms with van der Waals surface area (Å²) in [5.41, 5.74) is 9.43. The van der Waals surface area contributed by atoms with Crippen molar-refractivity contribution in [1.29, 1.82) is 0 Å². The molecule has 0 spiro atoms. The minimum Gasteiger partial charge on any atom is -0.256 e. The van der Waals surface area contributed by atoms with E-state index >= 15 is 0 Å². The van der Waals surface area contributed by atoms with E-state index < -0.39 is 0 Å². The van der Waals surface area contributed by atoms with E-state index in [1.165, 1.54) is 68.2 Å². The summed E-state index contributed by atoms with van der Waals surface area (Å²) in [6.07, 6.45) is 1.99. The van der Waals surface area contributed by atoms with Crippen molar-refractivity contribution < 1.29 is 0 Å². The molecule has 6 aromatic carbocycles. The van der Waals surface area contributed by atoms with E-state index in [0.717, 1.165) is 16.8 Å². The molecule has 9 aromatic rings. The quantitative estimate of drug-likeness (QED) is 0.197. The Balaban J connectivity index is 0.986. The number of thiophene rings is 2. The first-order chi connectivity index (χ1) is 21.8. The fourth-order valence-corrected chi connectivity index (χ4v) is 8.82. The van der Waals surface area contributed by atoms with Gasteiger partial charge in [-0.25, -0.2) is 0 Å². The Morgan fingerprint density at radius 2 is 0.795 bits per heavy atom. The van der Waals surface area contributed by atoms with E-state index in [1.54, 1.807) is 0 Å². The summed E-state index contributed by atoms with van der Waals surface area (Å²) in [5, 5.41) is 5.32. The maximum atomic E-state index is 4.86. The van der Waals surface area contributed by atoms with Gasteiger partial charge < -0.3 is 0 Å². The highest BCUT2D eigenvalue weighted by Gasteiger charge is 2.12. The van der Waals surface area contributed by atoms with E-state index in [4.69, 9.17) is 4.98 Å². The number of pyridine rings is 1. The van der Waals surface area contributed by atoms with E-state index in [1.807, 2.05) is 28.9 Å². The SMILES string of the molecule is c1ccc2c(c1)sc1c(-c3ccc(-c4ccc(-c5ccc(-c6cccc7c6sc6ccccc67)cc5)nc4)cc3)cccc12. The molecule has 0 saturated carbocycles. The van der Waals surface area contributed by atoms with Gasteiger partial charge >= 0.3 is 0 Å². The Bertz CT molecular complexity index is 2290. The zero-order valence-corrected chi connectivity index (χ0v) is 25.3. The lowest BCUT2D eigenvalue weighted by Crippen LogP contribution is -1.86. The first-order valence-electron chi connectivity index (χ1n) is 14.8. The Labute approximate surface area is 263 Å². The number of hydrogen-bond donors (Lipinski definition) is 0. The standard InChI is InChI=1S/C41H25NS2/c1-3-13-38-33(7-1)35-11-5-9-31(40(35)43-38)27-17-15-26(16-18-27)30-23-24-37(42-25-30)29-21-19-28(20-22-29)32-10-6-12-36-34-8-2-4-14-39(34)44-41(32)36/h1-25H. The molecule has 0 aliphatic heterocycles. The summed E-state index contributed by atoms with van der Waals surface area (Å²) in [6.45, 7) is 0. The first-order valence-corrected chi connectivity index (χ1v) is 16.4. The molecular weight excluding hydrogens is 571 g/mol. The molecule has 9 rings (SSSR count). The van der Waals surface area contributed by atoms with Gasteiger partial charge in [-0.1, -0.05) is 127 Å². The third kappa shape index (κ3) is 4.16. The van der Waals surface area contributed by atoms with Crippen molar-refractivity contribution in [1.82, 2.24) is 4.98 Å². The molecule has 0 N–H and O–H groups in total. The number of benzene rings is 6. The molecule has 3 heteroatoms. The van der Waals surface area contributed by atoms with Gasteiger partial charge in [0.25, 0.3) is 0 Å². The highest BCUT2D eigenvalue weighted by molar-refractivity contribution is 7.26. The zero-order valence-electron chi connectivity index (χ0n) is 23.7. The van der Waals surface area contributed by atoms with Crippen LogP contribution in [0.15, 0.2) is 152 Å². The lowest BCUT2D eigenvalue weighted by molar-refractivity contribution is 1.33. The van der Waals surface area contributed by atoms with Gasteiger partial charge in [-0.3, -0.25) is 4.98 Å². The largest absolute Gasteiger partial charge is 0.256 e. The summed E-state index contributed by atoms with van der Waals surface area (Å²) < 4.78 is 5.36. The molecule has 0 amide bonds. The molecule has 0 unspecified atom stereocenters. The van der Waals surface area contributed by atoms with Crippen molar-refractivity contribution >= 4 is 63.0 Å². The maximum Gasteiger partial charge on any atom is 0.0702 e. The molecule has 0 atom stereocenters. The number of hydrogen-bond acceptors (Lipinski definition) is 3. The number of rotatable bonds is 4. The van der Waals surface area contributed by atoms with E-state index in [0.29, 0.717) is 0 Å². The van der Waals surface area contributed by atoms with Gasteiger partial charge in [0.2, 0.25) is 0 Å². The van der Waals surface area contributed by atoms with Crippen LogP contribution < -0.4 is 0 Å². The van der Waals surface area contributed by atoms with Gasteiger partial charge in [-0.2, -0.15) is 0 Å². The van der Waals surface area contributed by atoms with Crippen molar-refractivity contribution in [2.45, 2.75) is 0 Å². The third-order valence-corrected chi connectivity index (χ3v) is 11.0. The van der Waals surface area contributed by atoms with E-state index in [-0.39, 0.29) is 0 Å². The number of aromatic nitrogens is 1. The van der Waals surface area contributed by atoms with Crippen LogP contribution in [-0.4, -0.2) is 4.98 Å². The predicted molar refractivity (Wildman–Crippen MR) is 192 cm³/mol. The monoisotopic (exact) mass is 595 g/mol. The summed E-state index contributed by atoms with van der Waals surface area (Å²) >= 11 is 3.75. The van der Waals surface area contributed by atoms with Gasteiger partial charge in [0.05, 0.1) is 5.69 Å². The van der Waals surface area contributed by atoms with Crippen molar-refractivity contribution in [2.24, 2.45) is 0 Å². The van der Waals surface area contributed by atoms with Crippen LogP contribution in [0, 0.1) is 0 Å². The third-order valence-electron chi connectivity index (χ3n) is 8.59. The average Bonchev–Trinajstić information content (AvgIpc) is 3.67. The highest BCUT2D eigenvalue weighted by Crippen LogP contribution is 2.41. The Morgan fingerprint density at radius 3 is 1.32 bits per heavy atom. The second-order valence-corrected chi connectivity index (χ2v) is 13.3. The lowest BCUT2D eigenvalue weighted by atomic mass is 9.99. The van der Waals surface area contributed by atoms with Gasteiger partial charge in [0.1, 0.15) is 0 Å². The van der Waals surface area contributed by atoms with Crippen LogP contribution >= 0.6 is 22.7 Å². The molecule has 0 bridgehead atoms. The van der Waals surface area contributed by atoms with Crippen molar-refractivity contribution in [3.63, 3.8) is 0 Å². The van der Waals surface area contributed by atoms with Crippen LogP contribution in [0.25, 0.3) is 85.0 Å². The van der Waals surface area contributed by atoms with E-state index in [2.05, 4.69) is 146 Å². The van der Waals surface area contributed by atoms with Crippen molar-refractivity contribution in [3.05, 3.63) is 152 Å². The molecule has 0 aliphatic rings. The average molecular weight is 596 g/mol. The number of fused-ring (bicyclic) bond motifs is 6. The highest BCUT2D eigenvalue weighted by atomic mass is 32.1. The van der Waals surface area contributed by atoms with Crippen LogP contribution in [0.5, 0.6) is 0 Å². The molecule has 3 aromatic heterocycles. The molecule has 3 heterocycles. The summed E-state index contributed by atoms with van der Waals surface area (Å²) in [7, 11) is 0. The second kappa shape index (κ2) is 10.3. The summed E-state index contributed by atoms with van der Waals surface area (Å²) in [5.74, 6) is 0. The van der Waals surface area contributed by atoms with Gasteiger partial charge in [0.15, 0.2) is 0 Å². The topological polar surface area (TPSA) is 12.9 Å². The fraction of sp³-hybridized carbons (Fsp3) is 0. The minimum absolute atomic E-state index is 0.980. The Kier molecular flexibility index (Phi) is 5.93. The van der Waals surface area contributed by atoms with Crippen molar-refractivity contribution in [3.8, 4) is 44.6 Å². The maximum absolute atomic E-state index is 4.86. The van der Waals surface area contributed by atoms with Crippen LogP contribution in [0.3, 0.4) is 0 Å². The Morgan fingerprint density at radius 1 is 0.341 bits per heavy atom. The molecule has 206 valence electrons. The predicted octanol–water partition coefficient (Wildman–Crippen LogP) is 12.5. The molecule has 44 heavy (non-hydrogen) atoms. The van der Waals surface area contributed by atoms with Gasteiger partial charge in [0, 0.05) is 57.7 Å². The van der Waals surface area contributed by atoms with Crippen LogP contribution in [0.1, 0.15) is 0 Å². The normalized spacial score (nSPS) is 11.6. The number of nitrogens with zero attached hydrogens (tertiary/aromatic N) is 1. The first kappa shape index (κ1) is 25.4. The fourth-order valence-electron chi connectivity index (χ4n) is 6.35. The smallest absolute Gasteiger partial charge is 0.0702 e. The van der Waals surface area contributed by atoms with Gasteiger partial charge in [-0.15, -0.1) is 22.7 Å². The molecule has 0 radical (unpaired) electrons. The van der Waals surface area contributed by atoms with Crippen molar-refractivity contribution in [2.75, 3.05) is 0 Å². The van der Waals surface area contributed by atoms with Crippen LogP contribution in [0.2, 0.25) is 0 Å². The molecule has 0 fully saturated rings. The second-order valence-electron chi connectivity index (χ2n) is 11.1. The minimum atomic E-state index is 0.980.